The Bertz CT molecular complexity index is 376. The zero-order chi connectivity index (χ0) is 15.3. The molecule has 0 fully saturated rings. The molecule has 1 heterocycles. The van der Waals surface area contributed by atoms with Gasteiger partial charge >= 0.3 is 0 Å². The van der Waals surface area contributed by atoms with Crippen LogP contribution in [0.2, 0.25) is 0 Å². The van der Waals surface area contributed by atoms with Gasteiger partial charge in [0, 0.05) is 45.2 Å². The van der Waals surface area contributed by atoms with E-state index in [4.69, 9.17) is 5.11 Å². The maximum absolute atomic E-state index is 9.10. The lowest BCUT2D eigenvalue weighted by molar-refractivity contribution is 0.253. The van der Waals surface area contributed by atoms with Gasteiger partial charge in [-0.15, -0.1) is 24.0 Å². The van der Waals surface area contributed by atoms with Crippen LogP contribution in [0.5, 0.6) is 0 Å². The summed E-state index contributed by atoms with van der Waals surface area (Å²) in [6.45, 7) is 7.89. The fraction of sp³-hybridized carbons (Fsp3) is 0.688. The Morgan fingerprint density at radius 3 is 2.50 bits per heavy atom. The van der Waals surface area contributed by atoms with E-state index in [0.717, 1.165) is 51.4 Å². The van der Waals surface area contributed by atoms with E-state index in [9.17, 15) is 0 Å². The number of rotatable bonds is 10. The molecular weight excluding hydrogens is 391 g/mol. The van der Waals surface area contributed by atoms with Crippen LogP contribution in [0.15, 0.2) is 29.5 Å². The van der Waals surface area contributed by atoms with Gasteiger partial charge in [0.15, 0.2) is 5.96 Å². The van der Waals surface area contributed by atoms with Gasteiger partial charge in [0.25, 0.3) is 0 Å². The minimum atomic E-state index is 0. The van der Waals surface area contributed by atoms with Gasteiger partial charge in [-0.25, -0.2) is 0 Å². The molecule has 1 rings (SSSR count). The first-order valence-electron chi connectivity index (χ1n) is 8.03. The predicted octanol–water partition coefficient (Wildman–Crippen LogP) is 2.46. The van der Waals surface area contributed by atoms with Crippen molar-refractivity contribution < 1.29 is 5.11 Å². The fourth-order valence-electron chi connectivity index (χ4n) is 2.30. The molecule has 1 unspecified atom stereocenters. The third kappa shape index (κ3) is 9.30. The molecule has 0 aromatic carbocycles. The quantitative estimate of drug-likeness (QED) is 0.309. The second-order valence-electron chi connectivity index (χ2n) is 5.23. The molecule has 0 radical (unpaired) electrons. The molecule has 22 heavy (non-hydrogen) atoms. The lowest BCUT2D eigenvalue weighted by Gasteiger charge is -2.15. The van der Waals surface area contributed by atoms with Crippen LogP contribution in [-0.2, 0) is 6.54 Å². The van der Waals surface area contributed by atoms with Crippen molar-refractivity contribution in [2.45, 2.75) is 39.7 Å². The minimum Gasteiger partial charge on any atom is -0.396 e. The van der Waals surface area contributed by atoms with Crippen LogP contribution >= 0.6 is 24.0 Å². The van der Waals surface area contributed by atoms with E-state index in [-0.39, 0.29) is 30.6 Å². The van der Waals surface area contributed by atoms with Gasteiger partial charge in [0.05, 0.1) is 0 Å². The SMILES string of the molecule is CCCC(CCO)CN=C(NCC)NCCn1cccc1.I. The fourth-order valence-corrected chi connectivity index (χ4v) is 2.30. The maximum Gasteiger partial charge on any atom is 0.191 e. The summed E-state index contributed by atoms with van der Waals surface area (Å²) in [5, 5.41) is 15.7. The molecule has 0 aliphatic rings. The van der Waals surface area contributed by atoms with Gasteiger partial charge in [0.2, 0.25) is 0 Å². The minimum absolute atomic E-state index is 0. The third-order valence-electron chi connectivity index (χ3n) is 3.41. The summed E-state index contributed by atoms with van der Waals surface area (Å²) in [6.07, 6.45) is 7.21. The lowest BCUT2D eigenvalue weighted by atomic mass is 10.0. The van der Waals surface area contributed by atoms with Gasteiger partial charge in [0.1, 0.15) is 0 Å². The number of aliphatic hydroxyl groups excluding tert-OH is 1. The summed E-state index contributed by atoms with van der Waals surface area (Å²) in [5.41, 5.74) is 0. The number of guanidine groups is 1. The van der Waals surface area contributed by atoms with Crippen LogP contribution in [0, 0.1) is 5.92 Å². The average Bonchev–Trinajstić information content (AvgIpc) is 2.98. The molecule has 0 aliphatic carbocycles. The molecule has 3 N–H and O–H groups in total. The first-order chi connectivity index (χ1) is 10.3. The normalized spacial score (nSPS) is 12.6. The summed E-state index contributed by atoms with van der Waals surface area (Å²) < 4.78 is 2.14. The standard InChI is InChI=1S/C16H30N4O.HI/c1-3-7-15(8-13-21)14-19-16(17-4-2)18-9-12-20-10-5-6-11-20;/h5-6,10-11,15,21H,3-4,7-9,12-14H2,1-2H3,(H2,17,18,19);1H. The molecule has 0 amide bonds. The van der Waals surface area contributed by atoms with Crippen molar-refractivity contribution in [3.63, 3.8) is 0 Å². The molecule has 5 nitrogen and oxygen atoms in total. The molecule has 1 aromatic heterocycles. The smallest absolute Gasteiger partial charge is 0.191 e. The Balaban J connectivity index is 0.00000441. The van der Waals surface area contributed by atoms with E-state index in [1.807, 2.05) is 12.1 Å². The summed E-state index contributed by atoms with van der Waals surface area (Å²) in [5.74, 6) is 1.34. The number of hydrogen-bond acceptors (Lipinski definition) is 2. The van der Waals surface area contributed by atoms with Crippen LogP contribution in [0.3, 0.4) is 0 Å². The van der Waals surface area contributed by atoms with Crippen molar-refractivity contribution in [1.82, 2.24) is 15.2 Å². The summed E-state index contributed by atoms with van der Waals surface area (Å²) in [4.78, 5) is 4.64. The molecule has 1 aromatic rings. The Labute approximate surface area is 151 Å². The van der Waals surface area contributed by atoms with Crippen molar-refractivity contribution in [1.29, 1.82) is 0 Å². The lowest BCUT2D eigenvalue weighted by Crippen LogP contribution is -2.39. The number of hydrogen-bond donors (Lipinski definition) is 3. The van der Waals surface area contributed by atoms with Crippen LogP contribution in [0.25, 0.3) is 0 Å². The number of halogens is 1. The van der Waals surface area contributed by atoms with Crippen molar-refractivity contribution in [2.24, 2.45) is 10.9 Å². The summed E-state index contributed by atoms with van der Waals surface area (Å²) >= 11 is 0. The van der Waals surface area contributed by atoms with Crippen LogP contribution < -0.4 is 10.6 Å². The second kappa shape index (κ2) is 13.9. The van der Waals surface area contributed by atoms with E-state index >= 15 is 0 Å². The largest absolute Gasteiger partial charge is 0.396 e. The van der Waals surface area contributed by atoms with Crippen LogP contribution in [-0.4, -0.2) is 41.9 Å². The Kier molecular flexibility index (Phi) is 13.4. The molecule has 6 heteroatoms. The zero-order valence-corrected chi connectivity index (χ0v) is 16.1. The summed E-state index contributed by atoms with van der Waals surface area (Å²) in [6, 6.07) is 4.06. The zero-order valence-electron chi connectivity index (χ0n) is 13.8. The van der Waals surface area contributed by atoms with E-state index in [1.54, 1.807) is 0 Å². The molecule has 0 saturated heterocycles. The van der Waals surface area contributed by atoms with Gasteiger partial charge < -0.3 is 20.3 Å². The predicted molar refractivity (Wildman–Crippen MR) is 104 cm³/mol. The second-order valence-corrected chi connectivity index (χ2v) is 5.23. The topological polar surface area (TPSA) is 61.6 Å². The molecule has 0 aliphatic heterocycles. The maximum atomic E-state index is 9.10. The van der Waals surface area contributed by atoms with Gasteiger partial charge in [-0.05, 0) is 37.8 Å². The monoisotopic (exact) mass is 422 g/mol. The van der Waals surface area contributed by atoms with Gasteiger partial charge in [-0.1, -0.05) is 13.3 Å². The van der Waals surface area contributed by atoms with Crippen LogP contribution in [0.1, 0.15) is 33.1 Å². The molecular formula is C16H31IN4O. The number of nitrogens with zero attached hydrogens (tertiary/aromatic N) is 2. The number of nitrogens with one attached hydrogen (secondary N) is 2. The summed E-state index contributed by atoms with van der Waals surface area (Å²) in [7, 11) is 0. The average molecular weight is 422 g/mol. The Hall–Kier alpha value is -0.760. The highest BCUT2D eigenvalue weighted by Crippen LogP contribution is 2.10. The van der Waals surface area contributed by atoms with Crippen LogP contribution in [0.4, 0.5) is 0 Å². The molecule has 0 spiro atoms. The van der Waals surface area contributed by atoms with E-state index in [2.05, 4.69) is 46.4 Å². The number of aliphatic hydroxyl groups is 1. The first kappa shape index (κ1) is 21.2. The highest BCUT2D eigenvalue weighted by Gasteiger charge is 2.07. The first-order valence-corrected chi connectivity index (χ1v) is 8.03. The van der Waals surface area contributed by atoms with E-state index in [1.165, 1.54) is 0 Å². The molecule has 1 atom stereocenters. The molecule has 0 bridgehead atoms. The highest BCUT2D eigenvalue weighted by molar-refractivity contribution is 14.0. The van der Waals surface area contributed by atoms with Crippen molar-refractivity contribution in [3.05, 3.63) is 24.5 Å². The van der Waals surface area contributed by atoms with E-state index < -0.39 is 0 Å². The van der Waals surface area contributed by atoms with Gasteiger partial charge in [-0.2, -0.15) is 0 Å². The molecule has 128 valence electrons. The van der Waals surface area contributed by atoms with Gasteiger partial charge in [-0.3, -0.25) is 4.99 Å². The Morgan fingerprint density at radius 2 is 1.91 bits per heavy atom. The number of aliphatic imine (C=N–C) groups is 1. The molecule has 0 saturated carbocycles. The third-order valence-corrected chi connectivity index (χ3v) is 3.41. The number of aromatic nitrogens is 1. The Morgan fingerprint density at radius 1 is 1.18 bits per heavy atom. The van der Waals surface area contributed by atoms with Crippen molar-refractivity contribution in [2.75, 3.05) is 26.2 Å². The highest BCUT2D eigenvalue weighted by atomic mass is 127. The van der Waals surface area contributed by atoms with Crippen molar-refractivity contribution in [3.8, 4) is 0 Å². The van der Waals surface area contributed by atoms with E-state index in [0.29, 0.717) is 5.92 Å². The van der Waals surface area contributed by atoms with Crippen molar-refractivity contribution >= 4 is 29.9 Å².